The van der Waals surface area contributed by atoms with Gasteiger partial charge in [0.1, 0.15) is 11.6 Å². The van der Waals surface area contributed by atoms with Gasteiger partial charge in [0, 0.05) is 35.4 Å². The van der Waals surface area contributed by atoms with Gasteiger partial charge in [-0.2, -0.15) is 4.98 Å². The fourth-order valence-electron chi connectivity index (χ4n) is 3.15. The summed E-state index contributed by atoms with van der Waals surface area (Å²) in [4.78, 5) is 8.13. The predicted molar refractivity (Wildman–Crippen MR) is 107 cm³/mol. The summed E-state index contributed by atoms with van der Waals surface area (Å²) in [6.45, 7) is 3.80. The highest BCUT2D eigenvalue weighted by atomic mass is 79.9. The first-order valence-electron chi connectivity index (χ1n) is 8.86. The van der Waals surface area contributed by atoms with Gasteiger partial charge in [0.15, 0.2) is 0 Å². The van der Waals surface area contributed by atoms with Crippen LogP contribution in [0.25, 0.3) is 10.9 Å². The molecule has 1 aromatic carbocycles. The molecule has 0 unspecified atom stereocenters. The van der Waals surface area contributed by atoms with Gasteiger partial charge in [-0.3, -0.25) is 0 Å². The molecule has 26 heavy (non-hydrogen) atoms. The highest BCUT2D eigenvalue weighted by Crippen LogP contribution is 2.38. The van der Waals surface area contributed by atoms with Crippen LogP contribution in [0.3, 0.4) is 0 Å². The van der Waals surface area contributed by atoms with Crippen molar-refractivity contribution < 1.29 is 4.74 Å². The zero-order valence-electron chi connectivity index (χ0n) is 14.7. The Labute approximate surface area is 160 Å². The lowest BCUT2D eigenvalue weighted by atomic mass is 10.0. The fourth-order valence-corrected chi connectivity index (χ4v) is 3.80. The lowest BCUT2D eigenvalue weighted by Crippen LogP contribution is -2.05. The number of anilines is 2. The monoisotopic (exact) mass is 415 g/mol. The summed E-state index contributed by atoms with van der Waals surface area (Å²) < 4.78 is 9.46. The Hall–Kier alpha value is -2.28. The average Bonchev–Trinajstić information content (AvgIpc) is 3.38. The van der Waals surface area contributed by atoms with Crippen LogP contribution in [-0.2, 0) is 13.0 Å². The summed E-state index contributed by atoms with van der Waals surface area (Å²) in [5, 5.41) is 1.12. The predicted octanol–water partition coefficient (Wildman–Crippen LogP) is 3.76. The second-order valence-electron chi connectivity index (χ2n) is 6.82. The molecule has 2 aromatic heterocycles. The Morgan fingerprint density at radius 1 is 1.31 bits per heavy atom. The van der Waals surface area contributed by atoms with E-state index >= 15 is 0 Å². The van der Waals surface area contributed by atoms with Gasteiger partial charge < -0.3 is 20.8 Å². The number of nitrogens with zero attached hydrogens (tertiary/aromatic N) is 3. The second-order valence-corrected chi connectivity index (χ2v) is 7.68. The Morgan fingerprint density at radius 3 is 2.81 bits per heavy atom. The van der Waals surface area contributed by atoms with Crippen molar-refractivity contribution in [1.29, 1.82) is 0 Å². The normalized spacial score (nSPS) is 14.1. The number of nitrogen functional groups attached to an aromatic ring is 2. The molecule has 1 fully saturated rings. The Morgan fingerprint density at radius 2 is 2.12 bits per heavy atom. The van der Waals surface area contributed by atoms with E-state index in [1.807, 2.05) is 0 Å². The molecule has 2 heterocycles. The molecule has 0 atom stereocenters. The van der Waals surface area contributed by atoms with Gasteiger partial charge in [0.25, 0.3) is 0 Å². The van der Waals surface area contributed by atoms with Crippen LogP contribution in [-0.4, -0.2) is 21.1 Å². The third-order valence-electron chi connectivity index (χ3n) is 4.78. The van der Waals surface area contributed by atoms with Gasteiger partial charge in [0.05, 0.1) is 17.5 Å². The molecule has 4 N–H and O–H groups in total. The molecule has 4 rings (SSSR count). The van der Waals surface area contributed by atoms with Crippen molar-refractivity contribution in [3.05, 3.63) is 40.1 Å². The maximum atomic E-state index is 6.18. The van der Waals surface area contributed by atoms with Gasteiger partial charge in [0.2, 0.25) is 5.95 Å². The van der Waals surface area contributed by atoms with E-state index in [-0.39, 0.29) is 5.95 Å². The van der Waals surface area contributed by atoms with Crippen LogP contribution in [0.4, 0.5) is 11.8 Å². The molecule has 1 aliphatic carbocycles. The van der Waals surface area contributed by atoms with Crippen LogP contribution in [0.15, 0.2) is 29.0 Å². The van der Waals surface area contributed by atoms with Crippen LogP contribution >= 0.6 is 15.9 Å². The molecule has 1 saturated carbocycles. The zero-order chi connectivity index (χ0) is 18.3. The number of hydrogen-bond donors (Lipinski definition) is 2. The largest absolute Gasteiger partial charge is 0.493 e. The minimum atomic E-state index is 0.193. The van der Waals surface area contributed by atoms with E-state index in [9.17, 15) is 0 Å². The Kier molecular flexibility index (Phi) is 4.48. The topological polar surface area (TPSA) is 92.0 Å². The highest BCUT2D eigenvalue weighted by Gasteiger charge is 2.23. The van der Waals surface area contributed by atoms with Crippen molar-refractivity contribution in [2.75, 3.05) is 18.1 Å². The van der Waals surface area contributed by atoms with Crippen molar-refractivity contribution in [3.63, 3.8) is 0 Å². The molecule has 6 nitrogen and oxygen atoms in total. The molecule has 136 valence electrons. The lowest BCUT2D eigenvalue weighted by Gasteiger charge is -2.12. The maximum Gasteiger partial charge on any atom is 0.221 e. The van der Waals surface area contributed by atoms with Gasteiger partial charge in [-0.25, -0.2) is 4.98 Å². The summed E-state index contributed by atoms with van der Waals surface area (Å²) in [6.07, 6.45) is 6.97. The first kappa shape index (κ1) is 17.1. The molecule has 0 amide bonds. The van der Waals surface area contributed by atoms with E-state index in [1.165, 1.54) is 12.8 Å². The van der Waals surface area contributed by atoms with E-state index in [1.54, 1.807) is 6.20 Å². The van der Waals surface area contributed by atoms with Gasteiger partial charge >= 0.3 is 0 Å². The van der Waals surface area contributed by atoms with Crippen molar-refractivity contribution in [2.45, 2.75) is 32.7 Å². The Balaban J connectivity index is 1.75. The third kappa shape index (κ3) is 3.35. The van der Waals surface area contributed by atoms with Crippen LogP contribution < -0.4 is 16.2 Å². The van der Waals surface area contributed by atoms with E-state index in [0.717, 1.165) is 45.4 Å². The van der Waals surface area contributed by atoms with Crippen molar-refractivity contribution in [2.24, 2.45) is 5.92 Å². The molecule has 7 heteroatoms. The van der Waals surface area contributed by atoms with Crippen LogP contribution in [0.2, 0.25) is 0 Å². The summed E-state index contributed by atoms with van der Waals surface area (Å²) in [5.41, 5.74) is 14.7. The fraction of sp³-hybridized carbons (Fsp3) is 0.368. The molecular weight excluding hydrogens is 394 g/mol. The van der Waals surface area contributed by atoms with Crippen LogP contribution in [0.5, 0.6) is 5.75 Å². The van der Waals surface area contributed by atoms with E-state index in [4.69, 9.17) is 16.2 Å². The molecule has 0 bridgehead atoms. The maximum absolute atomic E-state index is 6.18. The van der Waals surface area contributed by atoms with Crippen molar-refractivity contribution >= 4 is 38.6 Å². The highest BCUT2D eigenvalue weighted by molar-refractivity contribution is 9.10. The molecular formula is C19H22BrN5O. The first-order chi connectivity index (χ1) is 12.5. The third-order valence-corrected chi connectivity index (χ3v) is 5.38. The van der Waals surface area contributed by atoms with Crippen LogP contribution in [0.1, 0.15) is 30.9 Å². The quantitative estimate of drug-likeness (QED) is 0.639. The average molecular weight is 416 g/mol. The number of rotatable bonds is 6. The number of fused-ring (bicyclic) bond motifs is 1. The number of benzene rings is 1. The minimum Gasteiger partial charge on any atom is -0.493 e. The summed E-state index contributed by atoms with van der Waals surface area (Å²) in [5.74, 6) is 2.23. The standard InChI is InChI=1S/C19H22BrN5O/c1-2-25-9-14(20)17-15(25)6-12(7-16(17)26-10-11-3-4-11)5-13-8-23-19(22)24-18(13)21/h6-9,11H,2-5,10H2,1H3,(H4,21,22,23,24). The Bertz CT molecular complexity index is 964. The smallest absolute Gasteiger partial charge is 0.221 e. The minimum absolute atomic E-state index is 0.193. The first-order valence-corrected chi connectivity index (χ1v) is 9.65. The van der Waals surface area contributed by atoms with E-state index < -0.39 is 0 Å². The van der Waals surface area contributed by atoms with Crippen LogP contribution in [0, 0.1) is 5.92 Å². The van der Waals surface area contributed by atoms with E-state index in [0.29, 0.717) is 18.2 Å². The number of hydrogen-bond acceptors (Lipinski definition) is 5. The van der Waals surface area contributed by atoms with Crippen molar-refractivity contribution in [1.82, 2.24) is 14.5 Å². The number of aryl methyl sites for hydroxylation is 1. The molecule has 0 aliphatic heterocycles. The van der Waals surface area contributed by atoms with Gasteiger partial charge in [-0.15, -0.1) is 0 Å². The number of nitrogens with two attached hydrogens (primary N) is 2. The number of aromatic nitrogens is 3. The number of halogens is 1. The summed E-state index contributed by atoms with van der Waals surface area (Å²) in [6, 6.07) is 4.29. The molecule has 0 saturated heterocycles. The zero-order valence-corrected chi connectivity index (χ0v) is 16.3. The second kappa shape index (κ2) is 6.79. The molecule has 1 aliphatic rings. The summed E-state index contributed by atoms with van der Waals surface area (Å²) in [7, 11) is 0. The van der Waals surface area contributed by atoms with Gasteiger partial charge in [-0.05, 0) is 59.3 Å². The summed E-state index contributed by atoms with van der Waals surface area (Å²) >= 11 is 3.69. The molecule has 0 radical (unpaired) electrons. The SMILES string of the molecule is CCn1cc(Br)c2c(OCC3CC3)cc(Cc3cnc(N)nc3N)cc21. The van der Waals surface area contributed by atoms with Gasteiger partial charge in [-0.1, -0.05) is 0 Å². The number of ether oxygens (including phenoxy) is 1. The lowest BCUT2D eigenvalue weighted by molar-refractivity contribution is 0.303. The molecule has 3 aromatic rings. The molecule has 0 spiro atoms. The van der Waals surface area contributed by atoms with E-state index in [2.05, 4.69) is 55.7 Å². The van der Waals surface area contributed by atoms with Crippen molar-refractivity contribution in [3.8, 4) is 5.75 Å².